The number of ether oxygens (including phenoxy) is 1. The fourth-order valence-electron chi connectivity index (χ4n) is 6.94. The maximum atomic E-state index is 14.7. The van der Waals surface area contributed by atoms with Gasteiger partial charge in [0.05, 0.1) is 6.61 Å². The molecule has 1 atom stereocenters. The summed E-state index contributed by atoms with van der Waals surface area (Å²) in [4.78, 5) is 0. The predicted molar refractivity (Wildman–Crippen MR) is 126 cm³/mol. The molecule has 0 aliphatic heterocycles. The zero-order chi connectivity index (χ0) is 22.4. The van der Waals surface area contributed by atoms with Crippen LogP contribution in [0.3, 0.4) is 0 Å². The van der Waals surface area contributed by atoms with E-state index in [9.17, 15) is 8.78 Å². The molecule has 0 aromatic heterocycles. The van der Waals surface area contributed by atoms with Crippen molar-refractivity contribution in [2.45, 2.75) is 111 Å². The van der Waals surface area contributed by atoms with Gasteiger partial charge < -0.3 is 4.74 Å². The third-order valence-electron chi connectivity index (χ3n) is 8.75. The van der Waals surface area contributed by atoms with Crippen molar-refractivity contribution in [2.24, 2.45) is 23.2 Å². The highest BCUT2D eigenvalue weighted by molar-refractivity contribution is 5.38. The average molecular weight is 435 g/mol. The van der Waals surface area contributed by atoms with Gasteiger partial charge in [-0.25, -0.2) is 4.39 Å². The summed E-state index contributed by atoms with van der Waals surface area (Å²) in [6, 6.07) is 1.66. The first-order chi connectivity index (χ1) is 14.9. The Hall–Kier alpha value is -1.12. The summed E-state index contributed by atoms with van der Waals surface area (Å²) >= 11 is 0. The lowest BCUT2D eigenvalue weighted by molar-refractivity contribution is -0.000819. The Balaban J connectivity index is 1.60. The van der Waals surface area contributed by atoms with Gasteiger partial charge in [0.15, 0.2) is 11.6 Å². The Labute approximate surface area is 189 Å². The molecule has 0 spiro atoms. The van der Waals surface area contributed by atoms with Crippen molar-refractivity contribution < 1.29 is 13.5 Å². The Bertz CT molecular complexity index is 699. The van der Waals surface area contributed by atoms with E-state index >= 15 is 0 Å². The molecular weight excluding hydrogens is 390 g/mol. The Morgan fingerprint density at radius 2 is 1.71 bits per heavy atom. The first-order valence-corrected chi connectivity index (χ1v) is 13.0. The van der Waals surface area contributed by atoms with Crippen molar-refractivity contribution in [3.05, 3.63) is 28.8 Å². The highest BCUT2D eigenvalue weighted by Crippen LogP contribution is 2.54. The van der Waals surface area contributed by atoms with E-state index in [2.05, 4.69) is 13.8 Å². The molecule has 3 heteroatoms. The van der Waals surface area contributed by atoms with Crippen LogP contribution in [0.25, 0.3) is 0 Å². The summed E-state index contributed by atoms with van der Waals surface area (Å²) in [7, 11) is 0. The van der Waals surface area contributed by atoms with Gasteiger partial charge in [-0.3, -0.25) is 0 Å². The molecule has 0 N–H and O–H groups in total. The molecule has 1 aromatic carbocycles. The lowest BCUT2D eigenvalue weighted by Gasteiger charge is -2.50. The molecule has 0 amide bonds. The minimum Gasteiger partial charge on any atom is -0.491 e. The molecule has 0 saturated heterocycles. The van der Waals surface area contributed by atoms with Gasteiger partial charge in [-0.1, -0.05) is 58.8 Å². The van der Waals surface area contributed by atoms with Crippen LogP contribution in [0.15, 0.2) is 6.07 Å². The zero-order valence-corrected chi connectivity index (χ0v) is 20.4. The van der Waals surface area contributed by atoms with E-state index in [1.807, 2.05) is 6.92 Å². The lowest BCUT2D eigenvalue weighted by Crippen LogP contribution is -2.40. The molecule has 2 fully saturated rings. The molecule has 2 saturated carbocycles. The van der Waals surface area contributed by atoms with Crippen molar-refractivity contribution in [3.8, 4) is 5.75 Å². The SMILES string of the molecule is CCCC(C)C1(C2CCC(CCc3c(C)cc(OCC)c(F)c3F)CC2)CCCCC1. The summed E-state index contributed by atoms with van der Waals surface area (Å²) < 4.78 is 34.2. The smallest absolute Gasteiger partial charge is 0.200 e. The molecule has 3 rings (SSSR count). The number of rotatable bonds is 9. The van der Waals surface area contributed by atoms with Gasteiger partial charge in [0.2, 0.25) is 5.82 Å². The summed E-state index contributed by atoms with van der Waals surface area (Å²) in [5.41, 5.74) is 1.93. The first kappa shape index (κ1) is 24.5. The maximum absolute atomic E-state index is 14.7. The molecule has 1 nitrogen and oxygen atoms in total. The van der Waals surface area contributed by atoms with Crippen molar-refractivity contribution in [1.82, 2.24) is 0 Å². The second-order valence-corrected chi connectivity index (χ2v) is 10.5. The molecule has 1 unspecified atom stereocenters. The Morgan fingerprint density at radius 3 is 2.32 bits per heavy atom. The van der Waals surface area contributed by atoms with Crippen LogP contribution in [0.5, 0.6) is 5.75 Å². The predicted octanol–water partition coefficient (Wildman–Crippen LogP) is 8.80. The summed E-state index contributed by atoms with van der Waals surface area (Å²) in [6.07, 6.45) is 16.5. The molecule has 1 aromatic rings. The van der Waals surface area contributed by atoms with E-state index in [0.29, 0.717) is 29.9 Å². The minimum atomic E-state index is -0.824. The monoisotopic (exact) mass is 434 g/mol. The van der Waals surface area contributed by atoms with Crippen LogP contribution in [0.1, 0.15) is 109 Å². The summed E-state index contributed by atoms with van der Waals surface area (Å²) in [5, 5.41) is 0. The van der Waals surface area contributed by atoms with E-state index in [4.69, 9.17) is 4.74 Å². The van der Waals surface area contributed by atoms with Gasteiger partial charge in [0, 0.05) is 0 Å². The van der Waals surface area contributed by atoms with Crippen LogP contribution in [-0.4, -0.2) is 6.61 Å². The van der Waals surface area contributed by atoms with Crippen LogP contribution in [0, 0.1) is 41.7 Å². The van der Waals surface area contributed by atoms with E-state index in [0.717, 1.165) is 23.8 Å². The molecule has 31 heavy (non-hydrogen) atoms. The Morgan fingerprint density at radius 1 is 1.03 bits per heavy atom. The van der Waals surface area contributed by atoms with E-state index < -0.39 is 11.6 Å². The third kappa shape index (κ3) is 5.45. The van der Waals surface area contributed by atoms with Gasteiger partial charge in [-0.2, -0.15) is 4.39 Å². The average Bonchev–Trinajstić information content (AvgIpc) is 2.78. The van der Waals surface area contributed by atoms with Gasteiger partial charge in [-0.05, 0) is 92.7 Å². The number of benzene rings is 1. The molecule has 2 aliphatic rings. The number of aryl methyl sites for hydroxylation is 1. The Kier molecular flexibility index (Phi) is 8.82. The zero-order valence-electron chi connectivity index (χ0n) is 20.4. The molecule has 0 radical (unpaired) electrons. The van der Waals surface area contributed by atoms with Crippen LogP contribution in [-0.2, 0) is 6.42 Å². The fourth-order valence-corrected chi connectivity index (χ4v) is 6.94. The minimum absolute atomic E-state index is 0.0423. The highest BCUT2D eigenvalue weighted by atomic mass is 19.2. The van der Waals surface area contributed by atoms with E-state index in [1.54, 1.807) is 13.0 Å². The lowest BCUT2D eigenvalue weighted by atomic mass is 9.55. The highest BCUT2D eigenvalue weighted by Gasteiger charge is 2.44. The van der Waals surface area contributed by atoms with Gasteiger partial charge >= 0.3 is 0 Å². The van der Waals surface area contributed by atoms with Crippen LogP contribution in [0.2, 0.25) is 0 Å². The van der Waals surface area contributed by atoms with Crippen molar-refractivity contribution in [1.29, 1.82) is 0 Å². The van der Waals surface area contributed by atoms with Crippen LogP contribution >= 0.6 is 0 Å². The number of hydrogen-bond donors (Lipinski definition) is 0. The van der Waals surface area contributed by atoms with Gasteiger partial charge in [0.1, 0.15) is 0 Å². The van der Waals surface area contributed by atoms with Crippen molar-refractivity contribution >= 4 is 0 Å². The molecule has 0 heterocycles. The van der Waals surface area contributed by atoms with Gasteiger partial charge in [-0.15, -0.1) is 0 Å². The third-order valence-corrected chi connectivity index (χ3v) is 8.75. The number of halogens is 2. The summed E-state index contributed by atoms with van der Waals surface area (Å²) in [5.74, 6) is 0.865. The fraction of sp³-hybridized carbons (Fsp3) is 0.786. The molecule has 2 aliphatic carbocycles. The number of hydrogen-bond acceptors (Lipinski definition) is 1. The van der Waals surface area contributed by atoms with E-state index in [1.165, 1.54) is 70.6 Å². The standard InChI is InChI=1S/C28H44F2O/c1-5-10-21(4)28(17-8-7-9-18-28)23-14-11-22(12-15-23)13-16-24-20(3)19-25(31-6-2)27(30)26(24)29/h19,21-23H,5-18H2,1-4H3. The molecule has 0 bridgehead atoms. The maximum Gasteiger partial charge on any atom is 0.200 e. The normalized spacial score (nSPS) is 24.7. The quantitative estimate of drug-likeness (QED) is 0.377. The van der Waals surface area contributed by atoms with E-state index in [-0.39, 0.29) is 5.75 Å². The summed E-state index contributed by atoms with van der Waals surface area (Å²) in [6.45, 7) is 8.86. The van der Waals surface area contributed by atoms with Crippen molar-refractivity contribution in [3.63, 3.8) is 0 Å². The van der Waals surface area contributed by atoms with Crippen molar-refractivity contribution in [2.75, 3.05) is 6.61 Å². The largest absolute Gasteiger partial charge is 0.491 e. The first-order valence-electron chi connectivity index (χ1n) is 13.0. The second kappa shape index (κ2) is 11.1. The van der Waals surface area contributed by atoms with Gasteiger partial charge in [0.25, 0.3) is 0 Å². The molecular formula is C28H44F2O. The topological polar surface area (TPSA) is 9.23 Å². The molecule has 176 valence electrons. The van der Waals surface area contributed by atoms with Crippen LogP contribution in [0.4, 0.5) is 8.78 Å². The second-order valence-electron chi connectivity index (χ2n) is 10.5. The van der Waals surface area contributed by atoms with Crippen LogP contribution < -0.4 is 4.74 Å².